The van der Waals surface area contributed by atoms with Gasteiger partial charge >= 0.3 is 0 Å². The van der Waals surface area contributed by atoms with E-state index in [9.17, 15) is 5.11 Å². The number of nitrogen functional groups attached to an aromatic ring is 1. The number of benzene rings is 1. The van der Waals surface area contributed by atoms with Gasteiger partial charge in [-0.15, -0.1) is 10.2 Å². The van der Waals surface area contributed by atoms with Crippen molar-refractivity contribution < 1.29 is 9.84 Å². The number of anilines is 2. The standard InChI is InChI=1S/C22H29N9O2/c1-3-4-5-16(13-32)24-21-20-17(25-22(23)26-21)8-9-31(20)12-15-10-14(6-7-18(15)33-2)11-19-27-29-30-28-19/h6-10,16,32H,3-5,11-13H2,1-2H3,(H3,23,24,25,26)(H,27,28,29,30). The number of nitrogens with two attached hydrogens (primary N) is 1. The summed E-state index contributed by atoms with van der Waals surface area (Å²) in [4.78, 5) is 8.84. The largest absolute Gasteiger partial charge is 0.496 e. The molecule has 0 aliphatic rings. The zero-order valence-corrected chi connectivity index (χ0v) is 18.8. The van der Waals surface area contributed by atoms with Crippen LogP contribution in [-0.2, 0) is 13.0 Å². The van der Waals surface area contributed by atoms with Crippen molar-refractivity contribution in [3.05, 3.63) is 47.4 Å². The highest BCUT2D eigenvalue weighted by atomic mass is 16.5. The van der Waals surface area contributed by atoms with Crippen LogP contribution in [0.3, 0.4) is 0 Å². The fraction of sp³-hybridized carbons (Fsp3) is 0.409. The van der Waals surface area contributed by atoms with Gasteiger partial charge in [0.25, 0.3) is 0 Å². The fourth-order valence-electron chi connectivity index (χ4n) is 3.90. The smallest absolute Gasteiger partial charge is 0.222 e. The zero-order chi connectivity index (χ0) is 23.2. The van der Waals surface area contributed by atoms with Gasteiger partial charge in [0.2, 0.25) is 5.95 Å². The molecule has 3 aromatic heterocycles. The summed E-state index contributed by atoms with van der Waals surface area (Å²) in [6.07, 6.45) is 5.41. The maximum Gasteiger partial charge on any atom is 0.222 e. The summed E-state index contributed by atoms with van der Waals surface area (Å²) in [6.45, 7) is 2.67. The third-order valence-corrected chi connectivity index (χ3v) is 5.53. The third kappa shape index (κ3) is 5.20. The van der Waals surface area contributed by atoms with Crippen molar-refractivity contribution in [1.29, 1.82) is 0 Å². The first-order valence-electron chi connectivity index (χ1n) is 11.0. The number of methoxy groups -OCH3 is 1. The minimum Gasteiger partial charge on any atom is -0.496 e. The van der Waals surface area contributed by atoms with Crippen molar-refractivity contribution >= 4 is 22.8 Å². The molecule has 11 heteroatoms. The minimum atomic E-state index is -0.112. The Kier molecular flexibility index (Phi) is 6.98. The van der Waals surface area contributed by atoms with Crippen LogP contribution in [0.5, 0.6) is 5.75 Å². The van der Waals surface area contributed by atoms with E-state index >= 15 is 0 Å². The first-order chi connectivity index (χ1) is 16.1. The summed E-state index contributed by atoms with van der Waals surface area (Å²) < 4.78 is 7.67. The molecule has 3 heterocycles. The monoisotopic (exact) mass is 451 g/mol. The summed E-state index contributed by atoms with van der Waals surface area (Å²) in [6, 6.07) is 7.80. The van der Waals surface area contributed by atoms with Crippen LogP contribution in [0.1, 0.15) is 43.1 Å². The Bertz CT molecular complexity index is 1190. The first kappa shape index (κ1) is 22.5. The van der Waals surface area contributed by atoms with Crippen molar-refractivity contribution in [3.8, 4) is 5.75 Å². The fourth-order valence-corrected chi connectivity index (χ4v) is 3.90. The number of aliphatic hydroxyl groups excluding tert-OH is 1. The third-order valence-electron chi connectivity index (χ3n) is 5.53. The number of fused-ring (bicyclic) bond motifs is 1. The predicted molar refractivity (Wildman–Crippen MR) is 125 cm³/mol. The molecule has 0 aliphatic carbocycles. The topological polar surface area (TPSA) is 153 Å². The number of aromatic amines is 1. The van der Waals surface area contributed by atoms with Gasteiger partial charge in [0.1, 0.15) is 11.3 Å². The number of ether oxygens (including phenoxy) is 1. The maximum absolute atomic E-state index is 9.84. The molecule has 0 bridgehead atoms. The molecule has 0 radical (unpaired) electrons. The van der Waals surface area contributed by atoms with Gasteiger partial charge in [0.15, 0.2) is 11.6 Å². The number of nitrogens with zero attached hydrogens (tertiary/aromatic N) is 6. The van der Waals surface area contributed by atoms with Crippen LogP contribution < -0.4 is 15.8 Å². The number of hydrogen-bond acceptors (Lipinski definition) is 9. The van der Waals surface area contributed by atoms with Crippen LogP contribution in [0.2, 0.25) is 0 Å². The second kappa shape index (κ2) is 10.3. The molecule has 11 nitrogen and oxygen atoms in total. The molecule has 174 valence electrons. The second-order valence-corrected chi connectivity index (χ2v) is 7.92. The minimum absolute atomic E-state index is 0.0120. The highest BCUT2D eigenvalue weighted by molar-refractivity contribution is 5.87. The van der Waals surface area contributed by atoms with Crippen LogP contribution in [0.25, 0.3) is 11.0 Å². The summed E-state index contributed by atoms with van der Waals surface area (Å²) in [5.41, 5.74) is 9.55. The molecule has 0 saturated carbocycles. The zero-order valence-electron chi connectivity index (χ0n) is 18.8. The van der Waals surface area contributed by atoms with E-state index in [1.807, 2.05) is 24.4 Å². The highest BCUT2D eigenvalue weighted by Crippen LogP contribution is 2.28. The van der Waals surface area contributed by atoms with Crippen LogP contribution in [0.15, 0.2) is 30.5 Å². The Morgan fingerprint density at radius 1 is 1.27 bits per heavy atom. The van der Waals surface area contributed by atoms with Gasteiger partial charge in [0.05, 0.1) is 31.8 Å². The SMILES string of the molecule is CCCCC(CO)Nc1nc(N)nc2ccn(Cc3cc(Cc4nn[nH]n4)ccc3OC)c12. The Morgan fingerprint density at radius 2 is 2.15 bits per heavy atom. The molecule has 5 N–H and O–H groups in total. The summed E-state index contributed by atoms with van der Waals surface area (Å²) in [7, 11) is 1.65. The van der Waals surface area contributed by atoms with Gasteiger partial charge in [-0.2, -0.15) is 10.2 Å². The first-order valence-corrected chi connectivity index (χ1v) is 11.0. The van der Waals surface area contributed by atoms with E-state index < -0.39 is 0 Å². The van der Waals surface area contributed by atoms with Crippen molar-refractivity contribution in [3.63, 3.8) is 0 Å². The number of nitrogens with one attached hydrogen (secondary N) is 2. The number of aliphatic hydroxyl groups is 1. The second-order valence-electron chi connectivity index (χ2n) is 7.92. The molecule has 0 amide bonds. The van der Waals surface area contributed by atoms with Gasteiger partial charge in [-0.25, -0.2) is 4.98 Å². The van der Waals surface area contributed by atoms with Crippen LogP contribution >= 0.6 is 0 Å². The lowest BCUT2D eigenvalue weighted by atomic mass is 10.1. The van der Waals surface area contributed by atoms with Crippen molar-refractivity contribution in [1.82, 2.24) is 35.2 Å². The average molecular weight is 452 g/mol. The van der Waals surface area contributed by atoms with E-state index in [4.69, 9.17) is 10.5 Å². The average Bonchev–Trinajstić information content (AvgIpc) is 3.47. The van der Waals surface area contributed by atoms with E-state index in [-0.39, 0.29) is 18.6 Å². The molecule has 1 unspecified atom stereocenters. The summed E-state index contributed by atoms with van der Waals surface area (Å²) in [5.74, 6) is 2.19. The van der Waals surface area contributed by atoms with Crippen LogP contribution in [0.4, 0.5) is 11.8 Å². The summed E-state index contributed by atoms with van der Waals surface area (Å²) in [5, 5.41) is 27.4. The van der Waals surface area contributed by atoms with Crippen molar-refractivity contribution in [2.75, 3.05) is 24.8 Å². The number of tetrazole rings is 1. The number of unbranched alkanes of at least 4 members (excludes halogenated alkanes) is 1. The van der Waals surface area contributed by atoms with Gasteiger partial charge in [-0.3, -0.25) is 0 Å². The molecule has 1 aromatic carbocycles. The molecular weight excluding hydrogens is 422 g/mol. The van der Waals surface area contributed by atoms with E-state index in [0.717, 1.165) is 47.2 Å². The van der Waals surface area contributed by atoms with E-state index in [1.54, 1.807) is 7.11 Å². The molecule has 0 aliphatic heterocycles. The molecular formula is C22H29N9O2. The van der Waals surface area contributed by atoms with E-state index in [0.29, 0.717) is 24.6 Å². The maximum atomic E-state index is 9.84. The van der Waals surface area contributed by atoms with Gasteiger partial charge in [0, 0.05) is 18.2 Å². The van der Waals surface area contributed by atoms with Crippen molar-refractivity contribution in [2.45, 2.75) is 45.2 Å². The van der Waals surface area contributed by atoms with Crippen LogP contribution in [-0.4, -0.2) is 60.0 Å². The van der Waals surface area contributed by atoms with Crippen LogP contribution in [0, 0.1) is 0 Å². The predicted octanol–water partition coefficient (Wildman–Crippen LogP) is 2.14. The Balaban J connectivity index is 1.67. The lowest BCUT2D eigenvalue weighted by molar-refractivity contribution is 0.267. The Labute approximate surface area is 191 Å². The Morgan fingerprint density at radius 3 is 2.88 bits per heavy atom. The molecule has 4 rings (SSSR count). The number of hydrogen-bond donors (Lipinski definition) is 4. The van der Waals surface area contributed by atoms with Gasteiger partial charge in [-0.1, -0.05) is 31.0 Å². The van der Waals surface area contributed by atoms with E-state index in [1.165, 1.54) is 0 Å². The molecule has 0 spiro atoms. The normalized spacial score (nSPS) is 12.2. The highest BCUT2D eigenvalue weighted by Gasteiger charge is 2.17. The number of H-pyrrole nitrogens is 1. The number of aromatic nitrogens is 7. The summed E-state index contributed by atoms with van der Waals surface area (Å²) >= 11 is 0. The van der Waals surface area contributed by atoms with Gasteiger partial charge in [-0.05, 0) is 30.2 Å². The molecule has 0 fully saturated rings. The lowest BCUT2D eigenvalue weighted by Crippen LogP contribution is -2.25. The molecule has 4 aromatic rings. The van der Waals surface area contributed by atoms with Gasteiger partial charge < -0.3 is 25.5 Å². The number of rotatable bonds is 11. The quantitative estimate of drug-likeness (QED) is 0.269. The Hall–Kier alpha value is -3.73. The molecule has 33 heavy (non-hydrogen) atoms. The lowest BCUT2D eigenvalue weighted by Gasteiger charge is -2.19. The molecule has 0 saturated heterocycles. The van der Waals surface area contributed by atoms with E-state index in [2.05, 4.69) is 53.5 Å². The molecule has 1 atom stereocenters. The van der Waals surface area contributed by atoms with Crippen molar-refractivity contribution in [2.24, 2.45) is 0 Å².